The van der Waals surface area contributed by atoms with Gasteiger partial charge in [0.05, 0.1) is 12.2 Å². The molecule has 172 valence electrons. The molecule has 9 nitrogen and oxygen atoms in total. The number of anilines is 1. The van der Waals surface area contributed by atoms with E-state index in [0.717, 1.165) is 5.56 Å². The van der Waals surface area contributed by atoms with Gasteiger partial charge >= 0.3 is 0 Å². The molecule has 2 amide bonds. The molecule has 0 bridgehead atoms. The van der Waals surface area contributed by atoms with Crippen LogP contribution in [0.2, 0.25) is 0 Å². The Morgan fingerprint density at radius 2 is 2.00 bits per heavy atom. The van der Waals surface area contributed by atoms with E-state index >= 15 is 0 Å². The monoisotopic (exact) mass is 455 g/mol. The van der Waals surface area contributed by atoms with Crippen molar-refractivity contribution in [3.8, 4) is 0 Å². The van der Waals surface area contributed by atoms with Crippen LogP contribution in [0.3, 0.4) is 0 Å². The first-order valence-corrected chi connectivity index (χ1v) is 10.8. The molecule has 11 heteroatoms. The fourth-order valence-corrected chi connectivity index (χ4v) is 4.06. The van der Waals surface area contributed by atoms with E-state index in [9.17, 15) is 18.4 Å². The van der Waals surface area contributed by atoms with Crippen molar-refractivity contribution in [2.45, 2.75) is 44.3 Å². The summed E-state index contributed by atoms with van der Waals surface area (Å²) in [5.74, 6) is -3.63. The maximum absolute atomic E-state index is 13.2. The van der Waals surface area contributed by atoms with Crippen LogP contribution < -0.4 is 10.2 Å². The second-order valence-corrected chi connectivity index (χ2v) is 8.55. The van der Waals surface area contributed by atoms with Gasteiger partial charge in [-0.3, -0.25) is 14.5 Å². The molecule has 2 atom stereocenters. The Morgan fingerprint density at radius 1 is 1.24 bits per heavy atom. The average Bonchev–Trinajstić information content (AvgIpc) is 3.14. The lowest BCUT2D eigenvalue weighted by molar-refractivity contribution is -0.120. The fraction of sp³-hybridized carbons (Fsp3) is 0.409. The zero-order valence-corrected chi connectivity index (χ0v) is 18.0. The third-order valence-electron chi connectivity index (χ3n) is 6.05. The summed E-state index contributed by atoms with van der Waals surface area (Å²) in [7, 11) is 1.59. The number of nitrogens with zero attached hydrogens (tertiary/aromatic N) is 6. The number of aryl methyl sites for hydroxylation is 1. The number of hydrogen-bond acceptors (Lipinski definition) is 5. The summed E-state index contributed by atoms with van der Waals surface area (Å²) in [6, 6.07) is 10.6. The zero-order valence-electron chi connectivity index (χ0n) is 18.0. The van der Waals surface area contributed by atoms with E-state index in [1.807, 2.05) is 30.3 Å². The summed E-state index contributed by atoms with van der Waals surface area (Å²) in [6.07, 6.45) is 1.86. The highest BCUT2D eigenvalue weighted by Gasteiger charge is 2.56. The third-order valence-corrected chi connectivity index (χ3v) is 6.05. The first-order chi connectivity index (χ1) is 15.8. The average molecular weight is 455 g/mol. The number of alkyl halides is 2. The molecule has 1 aliphatic heterocycles. The molecule has 0 radical (unpaired) electrons. The second kappa shape index (κ2) is 8.05. The van der Waals surface area contributed by atoms with Gasteiger partial charge in [0.25, 0.3) is 17.7 Å². The molecule has 1 N–H and O–H groups in total. The number of fused-ring (bicyclic) bond motifs is 1. The maximum atomic E-state index is 13.2. The summed E-state index contributed by atoms with van der Waals surface area (Å²) in [5, 5.41) is 11.3. The van der Waals surface area contributed by atoms with E-state index in [4.69, 9.17) is 0 Å². The molecule has 1 saturated carbocycles. The van der Waals surface area contributed by atoms with E-state index in [-0.39, 0.29) is 24.6 Å². The topological polar surface area (TPSA) is 97.9 Å². The number of likely N-dealkylation sites (N-methyl/N-ethyl adjacent to an activating group) is 1. The van der Waals surface area contributed by atoms with Gasteiger partial charge in [0.1, 0.15) is 18.2 Å². The number of benzene rings is 1. The Balaban J connectivity index is 1.23. The number of halogens is 2. The normalized spacial score (nSPS) is 21.4. The van der Waals surface area contributed by atoms with E-state index in [1.165, 1.54) is 11.2 Å². The van der Waals surface area contributed by atoms with Crippen molar-refractivity contribution in [2.75, 3.05) is 11.9 Å². The predicted molar refractivity (Wildman–Crippen MR) is 114 cm³/mol. The lowest BCUT2D eigenvalue weighted by Crippen LogP contribution is -2.47. The first kappa shape index (κ1) is 21.2. The van der Waals surface area contributed by atoms with Crippen molar-refractivity contribution in [3.05, 3.63) is 59.8 Å². The number of amides is 2. The molecule has 3 heterocycles. The smallest absolute Gasteiger partial charge is 0.291 e. The van der Waals surface area contributed by atoms with Crippen molar-refractivity contribution < 1.29 is 18.4 Å². The molecule has 1 aliphatic carbocycles. The van der Waals surface area contributed by atoms with Crippen LogP contribution in [-0.2, 0) is 24.3 Å². The van der Waals surface area contributed by atoms with Crippen molar-refractivity contribution >= 4 is 17.6 Å². The summed E-state index contributed by atoms with van der Waals surface area (Å²) in [4.78, 5) is 31.1. The summed E-state index contributed by atoms with van der Waals surface area (Å²) >= 11 is 0. The molecular formula is C22H23F2N7O2. The molecular weight excluding hydrogens is 432 g/mol. The fourth-order valence-electron chi connectivity index (χ4n) is 4.06. The van der Waals surface area contributed by atoms with Gasteiger partial charge in [0.2, 0.25) is 5.82 Å². The number of aromatic nitrogens is 5. The van der Waals surface area contributed by atoms with Gasteiger partial charge < -0.3 is 5.32 Å². The largest absolute Gasteiger partial charge is 0.337 e. The highest BCUT2D eigenvalue weighted by atomic mass is 19.3. The highest BCUT2D eigenvalue weighted by molar-refractivity contribution is 6.00. The zero-order chi connectivity index (χ0) is 23.2. The van der Waals surface area contributed by atoms with Crippen molar-refractivity contribution in [2.24, 2.45) is 5.92 Å². The molecule has 2 aliphatic rings. The summed E-state index contributed by atoms with van der Waals surface area (Å²) in [6.45, 7) is 0.843. The lowest BCUT2D eigenvalue weighted by atomic mass is 10.2. The van der Waals surface area contributed by atoms with E-state index in [1.54, 1.807) is 22.5 Å². The minimum absolute atomic E-state index is 0.0176. The Kier molecular flexibility index (Phi) is 5.18. The van der Waals surface area contributed by atoms with Gasteiger partial charge in [0.15, 0.2) is 0 Å². The third kappa shape index (κ3) is 4.35. The molecule has 1 aromatic carbocycles. The molecule has 2 unspecified atom stereocenters. The summed E-state index contributed by atoms with van der Waals surface area (Å²) in [5.41, 5.74) is 1.57. The standard InChI is InChI=1S/C22H23F2N7O2/c1-29-18-10-16(9-15-11-22(15,23)24)27-31(18)8-7-17(21(29)33)26-20(32)19-25-13-30(28-19)12-14-5-3-2-4-6-14/h2-6,10,13,15,17H,7-9,11-12H2,1H3,(H,26,32). The minimum atomic E-state index is -2.61. The van der Waals surface area contributed by atoms with Crippen LogP contribution in [-0.4, -0.2) is 55.4 Å². The predicted octanol–water partition coefficient (Wildman–Crippen LogP) is 1.89. The maximum Gasteiger partial charge on any atom is 0.291 e. The van der Waals surface area contributed by atoms with E-state index in [2.05, 4.69) is 20.5 Å². The van der Waals surface area contributed by atoms with Gasteiger partial charge in [-0.2, -0.15) is 5.10 Å². The van der Waals surface area contributed by atoms with Crippen LogP contribution in [0.5, 0.6) is 0 Å². The molecule has 2 aromatic heterocycles. The van der Waals surface area contributed by atoms with E-state index in [0.29, 0.717) is 31.0 Å². The summed E-state index contributed by atoms with van der Waals surface area (Å²) < 4.78 is 29.7. The quantitative estimate of drug-likeness (QED) is 0.612. The lowest BCUT2D eigenvalue weighted by Gasteiger charge is -2.19. The van der Waals surface area contributed by atoms with Gasteiger partial charge in [-0.1, -0.05) is 30.3 Å². The number of nitrogens with one attached hydrogen (secondary N) is 1. The van der Waals surface area contributed by atoms with Crippen molar-refractivity contribution in [1.29, 1.82) is 0 Å². The molecule has 5 rings (SSSR count). The van der Waals surface area contributed by atoms with Crippen LogP contribution in [0.25, 0.3) is 0 Å². The van der Waals surface area contributed by atoms with Gasteiger partial charge in [-0.05, 0) is 12.0 Å². The van der Waals surface area contributed by atoms with Gasteiger partial charge in [0, 0.05) is 38.4 Å². The van der Waals surface area contributed by atoms with Crippen molar-refractivity contribution in [3.63, 3.8) is 0 Å². The number of hydrogen-bond donors (Lipinski definition) is 1. The number of carbonyl (C=O) groups is 2. The molecule has 3 aromatic rings. The highest BCUT2D eigenvalue weighted by Crippen LogP contribution is 2.50. The van der Waals surface area contributed by atoms with Crippen LogP contribution >= 0.6 is 0 Å². The molecule has 33 heavy (non-hydrogen) atoms. The van der Waals surface area contributed by atoms with Crippen molar-refractivity contribution in [1.82, 2.24) is 29.9 Å². The second-order valence-electron chi connectivity index (χ2n) is 8.55. The van der Waals surface area contributed by atoms with E-state index < -0.39 is 23.8 Å². The number of rotatable bonds is 6. The van der Waals surface area contributed by atoms with Crippen LogP contribution in [0.15, 0.2) is 42.7 Å². The Hall–Kier alpha value is -3.63. The first-order valence-electron chi connectivity index (χ1n) is 10.8. The van der Waals surface area contributed by atoms with Crippen LogP contribution in [0, 0.1) is 5.92 Å². The molecule has 0 spiro atoms. The number of carbonyl (C=O) groups excluding carboxylic acids is 2. The van der Waals surface area contributed by atoms with Crippen LogP contribution in [0.4, 0.5) is 14.6 Å². The molecule has 0 saturated heterocycles. The molecule has 1 fully saturated rings. The van der Waals surface area contributed by atoms with Crippen LogP contribution in [0.1, 0.15) is 34.7 Å². The Morgan fingerprint density at radius 3 is 2.73 bits per heavy atom. The Labute approximate surface area is 188 Å². The van der Waals surface area contributed by atoms with Gasteiger partial charge in [-0.25, -0.2) is 23.1 Å². The Bertz CT molecular complexity index is 1190. The SMILES string of the molecule is CN1C(=O)C(NC(=O)c2ncn(Cc3ccccc3)n2)CCn2nc(CC3CC3(F)F)cc21. The minimum Gasteiger partial charge on any atom is -0.337 e. The van der Waals surface area contributed by atoms with Gasteiger partial charge in [-0.15, -0.1) is 5.10 Å².